The molecule has 1 aromatic rings. The van der Waals surface area contributed by atoms with Crippen molar-refractivity contribution in [3.05, 3.63) is 29.3 Å². The van der Waals surface area contributed by atoms with Crippen LogP contribution < -0.4 is 4.74 Å². The molecule has 1 fully saturated rings. The minimum Gasteiger partial charge on any atom is -0.493 e. The lowest BCUT2D eigenvalue weighted by Gasteiger charge is -2.25. The van der Waals surface area contributed by atoms with Gasteiger partial charge in [0.05, 0.1) is 25.7 Å². The number of hydrogen-bond donors (Lipinski definition) is 1. The van der Waals surface area contributed by atoms with Crippen molar-refractivity contribution < 1.29 is 14.6 Å². The largest absolute Gasteiger partial charge is 0.493 e. The van der Waals surface area contributed by atoms with E-state index < -0.39 is 0 Å². The second kappa shape index (κ2) is 6.94. The van der Waals surface area contributed by atoms with Gasteiger partial charge in [-0.15, -0.1) is 0 Å². The molecular formula is C17H25NO3. The molecule has 0 saturated carbocycles. The molecule has 1 N–H and O–H groups in total. The van der Waals surface area contributed by atoms with Crippen molar-refractivity contribution in [2.45, 2.75) is 39.7 Å². The van der Waals surface area contributed by atoms with Crippen LogP contribution in [0.2, 0.25) is 0 Å². The SMILES string of the molecule is Cc1cccc(C)c1OCCC(=O)N1CCC(C)C1CO. The number of para-hydroxylation sites is 1. The highest BCUT2D eigenvalue weighted by Gasteiger charge is 2.33. The lowest BCUT2D eigenvalue weighted by Crippen LogP contribution is -2.40. The lowest BCUT2D eigenvalue weighted by molar-refractivity contribution is -0.133. The highest BCUT2D eigenvalue weighted by Crippen LogP contribution is 2.25. The molecule has 1 amide bonds. The van der Waals surface area contributed by atoms with E-state index in [1.165, 1.54) is 0 Å². The number of benzene rings is 1. The van der Waals surface area contributed by atoms with E-state index in [9.17, 15) is 9.90 Å². The number of aliphatic hydroxyl groups is 1. The van der Waals surface area contributed by atoms with Crippen LogP contribution in [0.15, 0.2) is 18.2 Å². The number of rotatable bonds is 5. The van der Waals surface area contributed by atoms with Gasteiger partial charge in [0.25, 0.3) is 0 Å². The predicted molar refractivity (Wildman–Crippen MR) is 82.4 cm³/mol. The molecule has 2 atom stereocenters. The van der Waals surface area contributed by atoms with E-state index in [2.05, 4.69) is 6.92 Å². The molecule has 4 nitrogen and oxygen atoms in total. The Morgan fingerprint density at radius 2 is 2.05 bits per heavy atom. The van der Waals surface area contributed by atoms with Crippen LogP contribution in [-0.4, -0.2) is 41.7 Å². The fourth-order valence-electron chi connectivity index (χ4n) is 3.01. The van der Waals surface area contributed by atoms with Crippen LogP contribution in [0.3, 0.4) is 0 Å². The molecule has 0 radical (unpaired) electrons. The topological polar surface area (TPSA) is 49.8 Å². The first kappa shape index (κ1) is 15.8. The maximum Gasteiger partial charge on any atom is 0.226 e. The van der Waals surface area contributed by atoms with Crippen molar-refractivity contribution in [1.29, 1.82) is 0 Å². The van der Waals surface area contributed by atoms with Crippen LogP contribution in [0, 0.1) is 19.8 Å². The number of nitrogens with zero attached hydrogens (tertiary/aromatic N) is 1. The average Bonchev–Trinajstić information content (AvgIpc) is 2.83. The molecule has 1 heterocycles. The summed E-state index contributed by atoms with van der Waals surface area (Å²) in [5.41, 5.74) is 2.18. The van der Waals surface area contributed by atoms with E-state index in [0.29, 0.717) is 18.9 Å². The summed E-state index contributed by atoms with van der Waals surface area (Å²) in [6, 6.07) is 5.99. The summed E-state index contributed by atoms with van der Waals surface area (Å²) in [5, 5.41) is 9.41. The normalized spacial score (nSPS) is 21.6. The van der Waals surface area contributed by atoms with Gasteiger partial charge in [0.2, 0.25) is 5.91 Å². The summed E-state index contributed by atoms with van der Waals surface area (Å²) in [7, 11) is 0. The first-order valence-corrected chi connectivity index (χ1v) is 7.64. The maximum absolute atomic E-state index is 12.3. The quantitative estimate of drug-likeness (QED) is 0.905. The van der Waals surface area contributed by atoms with Crippen LogP contribution in [0.5, 0.6) is 5.75 Å². The number of likely N-dealkylation sites (tertiary alicyclic amines) is 1. The monoisotopic (exact) mass is 291 g/mol. The molecule has 21 heavy (non-hydrogen) atoms. The van der Waals surface area contributed by atoms with Gasteiger partial charge in [-0.25, -0.2) is 0 Å². The van der Waals surface area contributed by atoms with Gasteiger partial charge in [0.15, 0.2) is 0 Å². The molecule has 1 aromatic carbocycles. The highest BCUT2D eigenvalue weighted by atomic mass is 16.5. The Morgan fingerprint density at radius 1 is 1.38 bits per heavy atom. The molecule has 1 saturated heterocycles. The fraction of sp³-hybridized carbons (Fsp3) is 0.588. The third-order valence-corrected chi connectivity index (χ3v) is 4.36. The van der Waals surface area contributed by atoms with Crippen molar-refractivity contribution in [2.75, 3.05) is 19.8 Å². The molecular weight excluding hydrogens is 266 g/mol. The molecule has 116 valence electrons. The van der Waals surface area contributed by atoms with Gasteiger partial charge < -0.3 is 14.7 Å². The highest BCUT2D eigenvalue weighted by molar-refractivity contribution is 5.77. The maximum atomic E-state index is 12.3. The van der Waals surface area contributed by atoms with Gasteiger partial charge in [-0.05, 0) is 37.3 Å². The second-order valence-electron chi connectivity index (χ2n) is 5.92. The Kier molecular flexibility index (Phi) is 5.23. The molecule has 4 heteroatoms. The Morgan fingerprint density at radius 3 is 2.67 bits per heavy atom. The predicted octanol–water partition coefficient (Wildman–Crippen LogP) is 2.30. The van der Waals surface area contributed by atoms with Gasteiger partial charge in [0, 0.05) is 6.54 Å². The summed E-state index contributed by atoms with van der Waals surface area (Å²) < 4.78 is 5.78. The third-order valence-electron chi connectivity index (χ3n) is 4.36. The summed E-state index contributed by atoms with van der Waals surface area (Å²) >= 11 is 0. The van der Waals surface area contributed by atoms with Crippen LogP contribution in [0.1, 0.15) is 30.9 Å². The van der Waals surface area contributed by atoms with Gasteiger partial charge in [-0.3, -0.25) is 4.79 Å². The van der Waals surface area contributed by atoms with E-state index in [1.54, 1.807) is 4.90 Å². The third kappa shape index (κ3) is 3.56. The number of carbonyl (C=O) groups excluding carboxylic acids is 1. The Labute approximate surface area is 126 Å². The zero-order valence-electron chi connectivity index (χ0n) is 13.1. The van der Waals surface area contributed by atoms with Crippen molar-refractivity contribution in [3.63, 3.8) is 0 Å². The average molecular weight is 291 g/mol. The van der Waals surface area contributed by atoms with E-state index >= 15 is 0 Å². The molecule has 0 aromatic heterocycles. The molecule has 0 aliphatic carbocycles. The molecule has 1 aliphatic heterocycles. The summed E-state index contributed by atoms with van der Waals surface area (Å²) in [4.78, 5) is 14.1. The van der Waals surface area contributed by atoms with Gasteiger partial charge >= 0.3 is 0 Å². The van der Waals surface area contributed by atoms with Crippen LogP contribution in [0.4, 0.5) is 0 Å². The summed E-state index contributed by atoms with van der Waals surface area (Å²) in [6.45, 7) is 7.27. The van der Waals surface area contributed by atoms with Gasteiger partial charge in [-0.2, -0.15) is 0 Å². The smallest absolute Gasteiger partial charge is 0.226 e. The molecule has 2 rings (SSSR count). The van der Waals surface area contributed by atoms with Crippen molar-refractivity contribution in [3.8, 4) is 5.75 Å². The zero-order valence-corrected chi connectivity index (χ0v) is 13.1. The zero-order chi connectivity index (χ0) is 15.4. The van der Waals surface area contributed by atoms with Crippen molar-refractivity contribution in [2.24, 2.45) is 5.92 Å². The van der Waals surface area contributed by atoms with E-state index in [-0.39, 0.29) is 18.6 Å². The fourth-order valence-corrected chi connectivity index (χ4v) is 3.01. The molecule has 1 aliphatic rings. The van der Waals surface area contributed by atoms with Crippen LogP contribution in [0.25, 0.3) is 0 Å². The molecule has 0 spiro atoms. The number of hydrogen-bond acceptors (Lipinski definition) is 3. The van der Waals surface area contributed by atoms with E-state index in [1.807, 2.05) is 32.0 Å². The standard InChI is InChI=1S/C17H25NO3/c1-12-7-9-18(15(12)11-19)16(20)8-10-21-17-13(2)5-4-6-14(17)3/h4-6,12,15,19H,7-11H2,1-3H3. The summed E-state index contributed by atoms with van der Waals surface area (Å²) in [6.07, 6.45) is 1.33. The van der Waals surface area contributed by atoms with E-state index in [4.69, 9.17) is 4.74 Å². The summed E-state index contributed by atoms with van der Waals surface area (Å²) in [5.74, 6) is 1.32. The van der Waals surface area contributed by atoms with Gasteiger partial charge in [0.1, 0.15) is 5.75 Å². The first-order valence-electron chi connectivity index (χ1n) is 7.64. The van der Waals surface area contributed by atoms with E-state index in [0.717, 1.165) is 29.8 Å². The lowest BCUT2D eigenvalue weighted by atomic mass is 10.0. The minimum atomic E-state index is -0.0299. The number of ether oxygens (including phenoxy) is 1. The van der Waals surface area contributed by atoms with Crippen LogP contribution in [-0.2, 0) is 4.79 Å². The van der Waals surface area contributed by atoms with Crippen LogP contribution >= 0.6 is 0 Å². The number of aliphatic hydroxyl groups excluding tert-OH is 1. The number of amides is 1. The molecule has 2 unspecified atom stereocenters. The first-order chi connectivity index (χ1) is 10.0. The Balaban J connectivity index is 1.87. The second-order valence-corrected chi connectivity index (χ2v) is 5.92. The van der Waals surface area contributed by atoms with Gasteiger partial charge in [-0.1, -0.05) is 25.1 Å². The minimum absolute atomic E-state index is 0.0299. The number of aryl methyl sites for hydroxylation is 2. The number of carbonyl (C=O) groups is 1. The van der Waals surface area contributed by atoms with Crippen molar-refractivity contribution >= 4 is 5.91 Å². The van der Waals surface area contributed by atoms with Crippen molar-refractivity contribution in [1.82, 2.24) is 4.90 Å². The Bertz CT molecular complexity index is 481. The Hall–Kier alpha value is -1.55. The molecule has 0 bridgehead atoms.